The van der Waals surface area contributed by atoms with Crippen molar-refractivity contribution in [2.45, 2.75) is 0 Å². The number of methoxy groups -OCH3 is 3. The van der Waals surface area contributed by atoms with Crippen LogP contribution in [0.25, 0.3) is 5.57 Å². The fourth-order valence-electron chi connectivity index (χ4n) is 2.24. The van der Waals surface area contributed by atoms with Crippen molar-refractivity contribution in [2.75, 3.05) is 28.1 Å². The lowest BCUT2D eigenvalue weighted by molar-refractivity contribution is 0.0509. The topological polar surface area (TPSA) is 36.9 Å². The van der Waals surface area contributed by atoms with Crippen molar-refractivity contribution < 1.29 is 18.9 Å². The summed E-state index contributed by atoms with van der Waals surface area (Å²) in [6.45, 7) is 4.33. The van der Waals surface area contributed by atoms with E-state index in [4.69, 9.17) is 30.5 Å². The molecule has 0 amide bonds. The summed E-state index contributed by atoms with van der Waals surface area (Å²) in [4.78, 5) is 0. The molecule has 0 heterocycles. The van der Waals surface area contributed by atoms with Gasteiger partial charge < -0.3 is 18.9 Å². The fraction of sp³-hybridized carbons (Fsp3) is 0.222. The largest absolute Gasteiger partial charge is 0.495 e. The minimum absolute atomic E-state index is 0.158. The Balaban J connectivity index is 2.47. The van der Waals surface area contributed by atoms with Crippen LogP contribution in [0.3, 0.4) is 0 Å². The number of hydrogen-bond acceptors (Lipinski definition) is 4. The molecule has 0 spiro atoms. The van der Waals surface area contributed by atoms with Gasteiger partial charge in [0.25, 0.3) is 0 Å². The zero-order valence-corrected chi connectivity index (χ0v) is 14.1. The van der Waals surface area contributed by atoms with Crippen molar-refractivity contribution in [1.82, 2.24) is 0 Å². The zero-order valence-electron chi connectivity index (χ0n) is 13.4. The van der Waals surface area contributed by atoms with Gasteiger partial charge in [-0.15, -0.1) is 0 Å². The Morgan fingerprint density at radius 2 is 1.70 bits per heavy atom. The molecule has 0 bridgehead atoms. The molecule has 5 heteroatoms. The monoisotopic (exact) mass is 334 g/mol. The highest BCUT2D eigenvalue weighted by Gasteiger charge is 2.18. The van der Waals surface area contributed by atoms with Gasteiger partial charge in [0.05, 0.1) is 14.2 Å². The molecule has 0 saturated carbocycles. The number of rotatable bonds is 7. The van der Waals surface area contributed by atoms with Crippen LogP contribution in [0.1, 0.15) is 11.1 Å². The Kier molecular flexibility index (Phi) is 5.90. The fourth-order valence-corrected chi connectivity index (χ4v) is 2.56. The van der Waals surface area contributed by atoms with Gasteiger partial charge in [0.2, 0.25) is 0 Å². The molecule has 0 saturated heterocycles. The van der Waals surface area contributed by atoms with Gasteiger partial charge in [-0.05, 0) is 23.8 Å². The molecule has 0 atom stereocenters. The Morgan fingerprint density at radius 1 is 0.957 bits per heavy atom. The van der Waals surface area contributed by atoms with Crippen LogP contribution in [0.2, 0.25) is 5.02 Å². The minimum atomic E-state index is 0.158. The molecular formula is C18H19ClO4. The molecule has 0 unspecified atom stereocenters. The molecule has 0 N–H and O–H groups in total. The van der Waals surface area contributed by atoms with Crippen LogP contribution in [0, 0.1) is 0 Å². The van der Waals surface area contributed by atoms with Gasteiger partial charge in [-0.2, -0.15) is 0 Å². The van der Waals surface area contributed by atoms with Crippen molar-refractivity contribution >= 4 is 17.2 Å². The molecule has 2 aromatic rings. The predicted molar refractivity (Wildman–Crippen MR) is 91.6 cm³/mol. The smallest absolute Gasteiger partial charge is 0.188 e. The number of hydrogen-bond donors (Lipinski definition) is 0. The number of ether oxygens (including phenoxy) is 4. The standard InChI is InChI=1S/C18H19ClO4/c1-12(13-7-5-6-8-15(13)23-11-20-2)14-9-10-16(21-3)17(19)18(14)22-4/h5-10H,1,11H2,2-4H3. The Morgan fingerprint density at radius 3 is 2.35 bits per heavy atom. The van der Waals surface area contributed by atoms with Gasteiger partial charge in [0.15, 0.2) is 6.79 Å². The third kappa shape index (κ3) is 3.60. The molecule has 0 aliphatic carbocycles. The van der Waals surface area contributed by atoms with Crippen LogP contribution in [0.5, 0.6) is 17.2 Å². The van der Waals surface area contributed by atoms with Crippen LogP contribution in [0.4, 0.5) is 0 Å². The van der Waals surface area contributed by atoms with Crippen LogP contribution in [-0.4, -0.2) is 28.1 Å². The van der Waals surface area contributed by atoms with E-state index < -0.39 is 0 Å². The zero-order chi connectivity index (χ0) is 16.8. The van der Waals surface area contributed by atoms with Gasteiger partial charge in [0.1, 0.15) is 22.3 Å². The maximum Gasteiger partial charge on any atom is 0.188 e. The summed E-state index contributed by atoms with van der Waals surface area (Å²) in [6, 6.07) is 11.2. The quantitative estimate of drug-likeness (QED) is 0.703. The highest BCUT2D eigenvalue weighted by Crippen LogP contribution is 2.42. The molecule has 23 heavy (non-hydrogen) atoms. The van der Waals surface area contributed by atoms with Crippen LogP contribution < -0.4 is 14.2 Å². The molecular weight excluding hydrogens is 316 g/mol. The van der Waals surface area contributed by atoms with Gasteiger partial charge >= 0.3 is 0 Å². The Hall–Kier alpha value is -2.17. The molecule has 2 aromatic carbocycles. The van der Waals surface area contributed by atoms with Crippen molar-refractivity contribution in [2.24, 2.45) is 0 Å². The van der Waals surface area contributed by atoms with Crippen molar-refractivity contribution in [3.8, 4) is 17.2 Å². The summed E-state index contributed by atoms with van der Waals surface area (Å²) in [5.41, 5.74) is 2.34. The lowest BCUT2D eigenvalue weighted by Crippen LogP contribution is -2.02. The third-order valence-corrected chi connectivity index (χ3v) is 3.71. The second-order valence-electron chi connectivity index (χ2n) is 4.69. The lowest BCUT2D eigenvalue weighted by Gasteiger charge is -2.17. The highest BCUT2D eigenvalue weighted by molar-refractivity contribution is 6.34. The molecule has 0 aliphatic heterocycles. The van der Waals surface area contributed by atoms with E-state index in [0.29, 0.717) is 22.3 Å². The first-order valence-corrected chi connectivity index (χ1v) is 7.32. The lowest BCUT2D eigenvalue weighted by atomic mass is 9.97. The maximum absolute atomic E-state index is 6.33. The van der Waals surface area contributed by atoms with E-state index in [1.165, 1.54) is 0 Å². The first-order chi connectivity index (χ1) is 11.1. The molecule has 2 rings (SSSR count). The third-order valence-electron chi connectivity index (χ3n) is 3.36. The second-order valence-corrected chi connectivity index (χ2v) is 5.07. The molecule has 122 valence electrons. The summed E-state index contributed by atoms with van der Waals surface area (Å²) in [6.07, 6.45) is 0. The predicted octanol–water partition coefficient (Wildman–Crippen LogP) is 4.40. The van der Waals surface area contributed by atoms with E-state index in [2.05, 4.69) is 6.58 Å². The number of benzene rings is 2. The second kappa shape index (κ2) is 7.90. The molecule has 0 aliphatic rings. The van der Waals surface area contributed by atoms with E-state index in [9.17, 15) is 0 Å². The van der Waals surface area contributed by atoms with Crippen molar-refractivity contribution in [3.63, 3.8) is 0 Å². The van der Waals surface area contributed by atoms with E-state index in [0.717, 1.165) is 16.7 Å². The highest BCUT2D eigenvalue weighted by atomic mass is 35.5. The van der Waals surface area contributed by atoms with Gasteiger partial charge in [0, 0.05) is 18.2 Å². The van der Waals surface area contributed by atoms with E-state index in [-0.39, 0.29) is 6.79 Å². The van der Waals surface area contributed by atoms with Crippen molar-refractivity contribution in [1.29, 1.82) is 0 Å². The molecule has 0 fully saturated rings. The average molecular weight is 335 g/mol. The number of para-hydroxylation sites is 1. The number of halogens is 1. The van der Waals surface area contributed by atoms with E-state index in [1.807, 2.05) is 30.3 Å². The van der Waals surface area contributed by atoms with Crippen LogP contribution >= 0.6 is 11.6 Å². The Bertz CT molecular complexity index is 697. The minimum Gasteiger partial charge on any atom is -0.495 e. The maximum atomic E-state index is 6.33. The first kappa shape index (κ1) is 17.2. The first-order valence-electron chi connectivity index (χ1n) is 6.95. The summed E-state index contributed by atoms with van der Waals surface area (Å²) < 4.78 is 21.2. The van der Waals surface area contributed by atoms with Gasteiger partial charge in [-0.25, -0.2) is 0 Å². The normalized spacial score (nSPS) is 10.3. The molecule has 0 aromatic heterocycles. The van der Waals surface area contributed by atoms with Crippen molar-refractivity contribution in [3.05, 3.63) is 59.1 Å². The molecule has 4 nitrogen and oxygen atoms in total. The van der Waals surface area contributed by atoms with Gasteiger partial charge in [-0.1, -0.05) is 36.4 Å². The summed E-state index contributed by atoms with van der Waals surface area (Å²) in [7, 11) is 4.69. The Labute approximate surface area is 141 Å². The van der Waals surface area contributed by atoms with Gasteiger partial charge in [-0.3, -0.25) is 0 Å². The molecule has 0 radical (unpaired) electrons. The van der Waals surface area contributed by atoms with Crippen LogP contribution in [0.15, 0.2) is 43.0 Å². The SMILES string of the molecule is C=C(c1ccccc1OCOC)c1ccc(OC)c(Cl)c1OC. The van der Waals surface area contributed by atoms with E-state index in [1.54, 1.807) is 27.4 Å². The average Bonchev–Trinajstić information content (AvgIpc) is 2.59. The van der Waals surface area contributed by atoms with E-state index >= 15 is 0 Å². The van der Waals surface area contributed by atoms with Crippen LogP contribution in [-0.2, 0) is 4.74 Å². The summed E-state index contributed by atoms with van der Waals surface area (Å²) in [5, 5.41) is 0.406. The summed E-state index contributed by atoms with van der Waals surface area (Å²) in [5.74, 6) is 1.73. The summed E-state index contributed by atoms with van der Waals surface area (Å²) >= 11 is 6.33.